The molecule has 1 nitrogen and oxygen atoms in total. The minimum absolute atomic E-state index is 0.502. The van der Waals surface area contributed by atoms with Gasteiger partial charge >= 0.3 is 0 Å². The van der Waals surface area contributed by atoms with Crippen molar-refractivity contribution in [3.05, 3.63) is 35.5 Å². The van der Waals surface area contributed by atoms with Crippen molar-refractivity contribution in [2.75, 3.05) is 0 Å². The molecule has 192 valence electrons. The van der Waals surface area contributed by atoms with Crippen molar-refractivity contribution in [1.82, 2.24) is 4.57 Å². The number of hydrogen-bond donors (Lipinski definition) is 0. The van der Waals surface area contributed by atoms with Crippen LogP contribution in [0.5, 0.6) is 0 Å². The molecule has 0 aliphatic heterocycles. The number of aryl methyl sites for hydroxylation is 1. The van der Waals surface area contributed by atoms with Crippen LogP contribution in [-0.4, -0.2) is 4.57 Å². The van der Waals surface area contributed by atoms with E-state index in [4.69, 9.17) is 0 Å². The van der Waals surface area contributed by atoms with Gasteiger partial charge in [0.25, 0.3) is 0 Å². The van der Waals surface area contributed by atoms with Gasteiger partial charge < -0.3 is 4.57 Å². The van der Waals surface area contributed by atoms with Gasteiger partial charge in [0, 0.05) is 23.6 Å². The quantitative estimate of drug-likeness (QED) is 0.408. The van der Waals surface area contributed by atoms with Gasteiger partial charge in [0.15, 0.2) is 0 Å². The number of benzene rings is 1. The van der Waals surface area contributed by atoms with E-state index in [1.807, 2.05) is 0 Å². The van der Waals surface area contributed by atoms with Gasteiger partial charge in [0.05, 0.1) is 0 Å². The summed E-state index contributed by atoms with van der Waals surface area (Å²) in [6.45, 7) is 12.9. The van der Waals surface area contributed by atoms with Crippen LogP contribution < -0.4 is 0 Å². The van der Waals surface area contributed by atoms with Crippen molar-refractivity contribution in [2.24, 2.45) is 59.3 Å². The second-order valence-corrected chi connectivity index (χ2v) is 14.6. The largest absolute Gasteiger partial charge is 0.347 e. The minimum atomic E-state index is 0.502. The van der Waals surface area contributed by atoms with E-state index in [0.717, 1.165) is 41.4 Å². The van der Waals surface area contributed by atoms with Gasteiger partial charge in [-0.2, -0.15) is 0 Å². The molecule has 6 rings (SSSR count). The summed E-state index contributed by atoms with van der Waals surface area (Å²) >= 11 is 0. The number of aromatic nitrogens is 1. The molecule has 0 N–H and O–H groups in total. The van der Waals surface area contributed by atoms with E-state index in [9.17, 15) is 0 Å². The van der Waals surface area contributed by atoms with Crippen molar-refractivity contribution in [1.29, 1.82) is 0 Å². The van der Waals surface area contributed by atoms with E-state index in [2.05, 4.69) is 70.5 Å². The lowest BCUT2D eigenvalue weighted by Gasteiger charge is -2.60. The maximum Gasteiger partial charge on any atom is 0.0482 e. The highest BCUT2D eigenvalue weighted by atomic mass is 15.0. The van der Waals surface area contributed by atoms with Gasteiger partial charge in [-0.25, -0.2) is 0 Å². The fourth-order valence-electron chi connectivity index (χ4n) is 10.8. The van der Waals surface area contributed by atoms with Gasteiger partial charge in [-0.15, -0.1) is 0 Å². The van der Waals surface area contributed by atoms with E-state index >= 15 is 0 Å². The predicted molar refractivity (Wildman–Crippen MR) is 150 cm³/mol. The third kappa shape index (κ3) is 3.60. The number of fused-ring (bicyclic) bond motifs is 8. The van der Waals surface area contributed by atoms with Crippen LogP contribution in [0.15, 0.2) is 24.3 Å². The maximum atomic E-state index is 2.75. The van der Waals surface area contributed by atoms with Crippen LogP contribution in [0.4, 0.5) is 0 Å². The molecular formula is C34H51N. The van der Waals surface area contributed by atoms with Gasteiger partial charge in [-0.05, 0) is 115 Å². The molecule has 8 atom stereocenters. The first-order chi connectivity index (χ1) is 16.7. The lowest BCUT2D eigenvalue weighted by Crippen LogP contribution is -2.54. The fraction of sp³-hybridized carbons (Fsp3) is 0.765. The van der Waals surface area contributed by atoms with E-state index < -0.39 is 0 Å². The van der Waals surface area contributed by atoms with E-state index in [1.54, 1.807) is 16.6 Å². The Labute approximate surface area is 215 Å². The highest BCUT2D eigenvalue weighted by Gasteiger charge is 2.60. The maximum absolute atomic E-state index is 2.75. The molecule has 3 fully saturated rings. The van der Waals surface area contributed by atoms with Crippen molar-refractivity contribution in [3.63, 3.8) is 0 Å². The standard InChI is InChI=1S/C34H51N/c1-22(2)10-9-11-23(3)28-16-17-29-26-15-14-24-20-32-27(25-12-7-8-13-31(25)35(32)6)21-34(24,5)30(26)18-19-33(28,29)4/h7-8,12-13,22-24,26,28-30H,9-11,14-21H2,1-6H3/t23-,24+,26-,28-,29+,30-,33-,34+/m1/s1. The number of hydrogen-bond acceptors (Lipinski definition) is 0. The predicted octanol–water partition coefficient (Wildman–Crippen LogP) is 9.21. The van der Waals surface area contributed by atoms with E-state index in [-0.39, 0.29) is 0 Å². The van der Waals surface area contributed by atoms with Crippen LogP contribution in [0.25, 0.3) is 10.9 Å². The van der Waals surface area contributed by atoms with Gasteiger partial charge in [0.2, 0.25) is 0 Å². The summed E-state index contributed by atoms with van der Waals surface area (Å²) in [6, 6.07) is 9.22. The third-order valence-corrected chi connectivity index (χ3v) is 12.6. The molecule has 0 radical (unpaired) electrons. The minimum Gasteiger partial charge on any atom is -0.347 e. The zero-order chi connectivity index (χ0) is 24.5. The summed E-state index contributed by atoms with van der Waals surface area (Å²) in [4.78, 5) is 0. The number of para-hydroxylation sites is 1. The molecule has 1 heterocycles. The molecule has 1 aromatic carbocycles. The van der Waals surface area contributed by atoms with Gasteiger partial charge in [-0.3, -0.25) is 0 Å². The van der Waals surface area contributed by atoms with Crippen LogP contribution in [0.3, 0.4) is 0 Å². The fourth-order valence-corrected chi connectivity index (χ4v) is 10.8. The SMILES string of the molecule is CC(C)CCC[C@@H](C)[C@H]1CC[C@H]2[C@H]3CC[C@H]4Cc5c(c6ccccc6n5C)C[C@]4(C)[C@@H]3CC[C@]12C. The zero-order valence-electron chi connectivity index (χ0n) is 23.6. The van der Waals surface area contributed by atoms with Gasteiger partial charge in [0.1, 0.15) is 0 Å². The Hall–Kier alpha value is -1.24. The Morgan fingerprint density at radius 1 is 0.914 bits per heavy atom. The van der Waals surface area contributed by atoms with Crippen molar-refractivity contribution in [2.45, 2.75) is 105 Å². The van der Waals surface area contributed by atoms with Crippen molar-refractivity contribution >= 4 is 10.9 Å². The van der Waals surface area contributed by atoms with Crippen LogP contribution >= 0.6 is 0 Å². The Morgan fingerprint density at radius 3 is 2.49 bits per heavy atom. The molecule has 0 amide bonds. The summed E-state index contributed by atoms with van der Waals surface area (Å²) in [7, 11) is 2.32. The molecule has 0 saturated heterocycles. The van der Waals surface area contributed by atoms with Crippen LogP contribution in [0.2, 0.25) is 0 Å². The summed E-state index contributed by atoms with van der Waals surface area (Å²) in [5.74, 6) is 6.56. The lowest BCUT2D eigenvalue weighted by atomic mass is 9.44. The second-order valence-electron chi connectivity index (χ2n) is 14.6. The summed E-state index contributed by atoms with van der Waals surface area (Å²) in [5.41, 5.74) is 5.93. The summed E-state index contributed by atoms with van der Waals surface area (Å²) in [5, 5.41) is 1.54. The number of rotatable bonds is 5. The molecular weight excluding hydrogens is 422 g/mol. The molecule has 4 aliphatic carbocycles. The summed E-state index contributed by atoms with van der Waals surface area (Å²) < 4.78 is 2.54. The molecule has 2 aromatic rings. The van der Waals surface area contributed by atoms with Crippen molar-refractivity contribution < 1.29 is 0 Å². The Balaban J connectivity index is 1.25. The molecule has 3 saturated carbocycles. The Bertz CT molecular complexity index is 1080. The van der Waals surface area contributed by atoms with Gasteiger partial charge in [-0.1, -0.05) is 72.1 Å². The van der Waals surface area contributed by atoms with Crippen LogP contribution in [-0.2, 0) is 19.9 Å². The smallest absolute Gasteiger partial charge is 0.0482 e. The molecule has 1 heteroatoms. The van der Waals surface area contributed by atoms with Crippen LogP contribution in [0, 0.1) is 52.3 Å². The first kappa shape index (κ1) is 24.1. The molecule has 0 bridgehead atoms. The second kappa shape index (κ2) is 8.66. The number of nitrogens with zero attached hydrogens (tertiary/aromatic N) is 1. The zero-order valence-corrected chi connectivity index (χ0v) is 23.6. The molecule has 35 heavy (non-hydrogen) atoms. The molecule has 1 aromatic heterocycles. The molecule has 0 spiro atoms. The third-order valence-electron chi connectivity index (χ3n) is 12.6. The molecule has 4 aliphatic rings. The lowest BCUT2D eigenvalue weighted by molar-refractivity contribution is -0.103. The first-order valence-corrected chi connectivity index (χ1v) is 15.3. The highest BCUT2D eigenvalue weighted by molar-refractivity contribution is 5.86. The Morgan fingerprint density at radius 2 is 1.69 bits per heavy atom. The monoisotopic (exact) mass is 473 g/mol. The molecule has 0 unspecified atom stereocenters. The summed E-state index contributed by atoms with van der Waals surface area (Å²) in [6.07, 6.45) is 16.0. The highest BCUT2D eigenvalue weighted by Crippen LogP contribution is 2.68. The van der Waals surface area contributed by atoms with E-state index in [1.165, 1.54) is 76.1 Å². The van der Waals surface area contributed by atoms with Crippen LogP contribution in [0.1, 0.15) is 104 Å². The average molecular weight is 474 g/mol. The Kier molecular flexibility index (Phi) is 5.97. The van der Waals surface area contributed by atoms with E-state index in [0.29, 0.717) is 10.8 Å². The average Bonchev–Trinajstić information content (AvgIpc) is 3.32. The van der Waals surface area contributed by atoms with Crippen molar-refractivity contribution in [3.8, 4) is 0 Å². The topological polar surface area (TPSA) is 4.93 Å². The first-order valence-electron chi connectivity index (χ1n) is 15.3. The normalized spacial score (nSPS) is 39.2.